The van der Waals surface area contributed by atoms with Crippen LogP contribution >= 0.6 is 0 Å². The predicted octanol–water partition coefficient (Wildman–Crippen LogP) is 4.26. The molecule has 0 aliphatic heterocycles. The Bertz CT molecular complexity index is 556. The van der Waals surface area contributed by atoms with Gasteiger partial charge in [-0.05, 0) is 48.2 Å². The second-order valence-corrected chi connectivity index (χ2v) is 4.57. The summed E-state index contributed by atoms with van der Waals surface area (Å²) in [5.74, 6) is 0.896. The zero-order chi connectivity index (χ0) is 13.7. The summed E-state index contributed by atoms with van der Waals surface area (Å²) >= 11 is 0. The van der Waals surface area contributed by atoms with Crippen LogP contribution in [0, 0.1) is 6.92 Å². The number of carbonyl (C=O) groups is 1. The van der Waals surface area contributed by atoms with Crippen LogP contribution in [0.25, 0.3) is 11.1 Å². The molecule has 2 nitrogen and oxygen atoms in total. The number of aldehydes is 1. The molecule has 0 saturated heterocycles. The maximum Gasteiger partial charge on any atom is 0.150 e. The molecule has 0 aromatic heterocycles. The van der Waals surface area contributed by atoms with Gasteiger partial charge in [-0.3, -0.25) is 4.79 Å². The lowest BCUT2D eigenvalue weighted by molar-refractivity contribution is 0.112. The first-order valence-electron chi connectivity index (χ1n) is 6.53. The number of hydrogen-bond donors (Lipinski definition) is 0. The normalized spacial score (nSPS) is 10.2. The molecule has 0 heterocycles. The molecule has 0 radical (unpaired) electrons. The first kappa shape index (κ1) is 13.3. The Balaban J connectivity index is 2.24. The molecule has 0 saturated carbocycles. The van der Waals surface area contributed by atoms with Crippen LogP contribution in [-0.2, 0) is 0 Å². The molecule has 2 aromatic rings. The van der Waals surface area contributed by atoms with E-state index in [4.69, 9.17) is 4.74 Å². The number of ether oxygens (including phenoxy) is 1. The van der Waals surface area contributed by atoms with Crippen molar-refractivity contribution in [3.05, 3.63) is 53.6 Å². The van der Waals surface area contributed by atoms with Gasteiger partial charge in [0.25, 0.3) is 0 Å². The number of aryl methyl sites for hydroxylation is 1. The Morgan fingerprint density at radius 3 is 2.42 bits per heavy atom. The third-order valence-electron chi connectivity index (χ3n) is 3.02. The third-order valence-corrected chi connectivity index (χ3v) is 3.02. The fraction of sp³-hybridized carbons (Fsp3) is 0.235. The van der Waals surface area contributed by atoms with E-state index in [1.54, 1.807) is 0 Å². The number of benzene rings is 2. The monoisotopic (exact) mass is 254 g/mol. The molecule has 2 aromatic carbocycles. The van der Waals surface area contributed by atoms with E-state index in [1.807, 2.05) is 49.4 Å². The molecule has 2 heteroatoms. The lowest BCUT2D eigenvalue weighted by Crippen LogP contribution is -1.94. The Hall–Kier alpha value is -2.09. The summed E-state index contributed by atoms with van der Waals surface area (Å²) in [6, 6.07) is 13.8. The molecule has 0 aliphatic carbocycles. The van der Waals surface area contributed by atoms with Crippen molar-refractivity contribution >= 4 is 6.29 Å². The van der Waals surface area contributed by atoms with E-state index in [1.165, 1.54) is 0 Å². The first-order chi connectivity index (χ1) is 9.24. The molecular weight excluding hydrogens is 236 g/mol. The molecule has 0 bridgehead atoms. The van der Waals surface area contributed by atoms with Crippen molar-refractivity contribution in [1.29, 1.82) is 0 Å². The summed E-state index contributed by atoms with van der Waals surface area (Å²) in [5, 5.41) is 0. The molecule has 19 heavy (non-hydrogen) atoms. The molecule has 0 aliphatic rings. The molecule has 0 spiro atoms. The second-order valence-electron chi connectivity index (χ2n) is 4.57. The lowest BCUT2D eigenvalue weighted by Gasteiger charge is -2.09. The van der Waals surface area contributed by atoms with E-state index >= 15 is 0 Å². The van der Waals surface area contributed by atoms with E-state index < -0.39 is 0 Å². The van der Waals surface area contributed by atoms with Crippen LogP contribution in [0.2, 0.25) is 0 Å². The Morgan fingerprint density at radius 1 is 1.11 bits per heavy atom. The van der Waals surface area contributed by atoms with Gasteiger partial charge in [-0.2, -0.15) is 0 Å². The van der Waals surface area contributed by atoms with Gasteiger partial charge in [0.1, 0.15) is 12.0 Å². The minimum absolute atomic E-state index is 0.712. The highest BCUT2D eigenvalue weighted by molar-refractivity contribution is 5.78. The molecular formula is C17H18O2. The highest BCUT2D eigenvalue weighted by Gasteiger charge is 2.03. The zero-order valence-electron chi connectivity index (χ0n) is 11.3. The molecule has 0 atom stereocenters. The van der Waals surface area contributed by atoms with Crippen LogP contribution in [-0.4, -0.2) is 12.9 Å². The van der Waals surface area contributed by atoms with E-state index in [-0.39, 0.29) is 0 Å². The van der Waals surface area contributed by atoms with Gasteiger partial charge in [0.2, 0.25) is 0 Å². The van der Waals surface area contributed by atoms with Gasteiger partial charge in [0.05, 0.1) is 6.61 Å². The molecule has 0 fully saturated rings. The number of hydrogen-bond acceptors (Lipinski definition) is 2. The summed E-state index contributed by atoms with van der Waals surface area (Å²) in [4.78, 5) is 10.7. The minimum Gasteiger partial charge on any atom is -0.494 e. The van der Waals surface area contributed by atoms with Crippen molar-refractivity contribution < 1.29 is 9.53 Å². The average Bonchev–Trinajstić information content (AvgIpc) is 2.45. The van der Waals surface area contributed by atoms with E-state index in [0.29, 0.717) is 5.56 Å². The van der Waals surface area contributed by atoms with Crippen LogP contribution in [0.1, 0.15) is 29.3 Å². The van der Waals surface area contributed by atoms with Crippen LogP contribution in [0.3, 0.4) is 0 Å². The van der Waals surface area contributed by atoms with Crippen LogP contribution < -0.4 is 4.74 Å². The molecule has 98 valence electrons. The van der Waals surface area contributed by atoms with Crippen molar-refractivity contribution in [2.45, 2.75) is 20.3 Å². The molecule has 0 N–H and O–H groups in total. The van der Waals surface area contributed by atoms with Gasteiger partial charge >= 0.3 is 0 Å². The van der Waals surface area contributed by atoms with E-state index in [2.05, 4.69) is 6.92 Å². The molecule has 2 rings (SSSR count). The topological polar surface area (TPSA) is 26.3 Å². The van der Waals surface area contributed by atoms with Crippen LogP contribution in [0.15, 0.2) is 42.5 Å². The smallest absolute Gasteiger partial charge is 0.150 e. The summed E-state index contributed by atoms with van der Waals surface area (Å²) in [6.07, 6.45) is 1.88. The minimum atomic E-state index is 0.712. The Morgan fingerprint density at radius 2 is 1.84 bits per heavy atom. The zero-order valence-corrected chi connectivity index (χ0v) is 11.3. The lowest BCUT2D eigenvalue weighted by atomic mass is 9.99. The van der Waals surface area contributed by atoms with Gasteiger partial charge in [0.15, 0.2) is 0 Å². The van der Waals surface area contributed by atoms with Crippen molar-refractivity contribution in [3.63, 3.8) is 0 Å². The predicted molar refractivity (Wildman–Crippen MR) is 77.8 cm³/mol. The fourth-order valence-electron chi connectivity index (χ4n) is 2.03. The van der Waals surface area contributed by atoms with Crippen molar-refractivity contribution in [3.8, 4) is 16.9 Å². The molecule has 0 amide bonds. The maximum absolute atomic E-state index is 10.7. The highest BCUT2D eigenvalue weighted by Crippen LogP contribution is 2.26. The Kier molecular flexibility index (Phi) is 4.35. The van der Waals surface area contributed by atoms with Gasteiger partial charge < -0.3 is 4.74 Å². The van der Waals surface area contributed by atoms with Gasteiger partial charge in [0, 0.05) is 5.56 Å². The summed E-state index contributed by atoms with van der Waals surface area (Å²) < 4.78 is 5.57. The van der Waals surface area contributed by atoms with Gasteiger partial charge in [-0.25, -0.2) is 0 Å². The van der Waals surface area contributed by atoms with Crippen molar-refractivity contribution in [2.75, 3.05) is 6.61 Å². The largest absolute Gasteiger partial charge is 0.494 e. The van der Waals surface area contributed by atoms with Crippen molar-refractivity contribution in [2.24, 2.45) is 0 Å². The summed E-state index contributed by atoms with van der Waals surface area (Å²) in [5.41, 5.74) is 4.10. The SMILES string of the molecule is CCCOc1ccc(-c2ccc(C=O)cc2C)cc1. The van der Waals surface area contributed by atoms with Crippen LogP contribution in [0.5, 0.6) is 5.75 Å². The second kappa shape index (κ2) is 6.19. The van der Waals surface area contributed by atoms with Crippen LogP contribution in [0.4, 0.5) is 0 Å². The van der Waals surface area contributed by atoms with Gasteiger partial charge in [-0.15, -0.1) is 0 Å². The average molecular weight is 254 g/mol. The fourth-order valence-corrected chi connectivity index (χ4v) is 2.03. The van der Waals surface area contributed by atoms with E-state index in [0.717, 1.165) is 41.8 Å². The van der Waals surface area contributed by atoms with E-state index in [9.17, 15) is 4.79 Å². The Labute approximate surface area is 114 Å². The van der Waals surface area contributed by atoms with Crippen molar-refractivity contribution in [1.82, 2.24) is 0 Å². The maximum atomic E-state index is 10.7. The van der Waals surface area contributed by atoms with Gasteiger partial charge in [-0.1, -0.05) is 31.2 Å². The number of carbonyl (C=O) groups excluding carboxylic acids is 1. The first-order valence-corrected chi connectivity index (χ1v) is 6.53. The summed E-state index contributed by atoms with van der Waals surface area (Å²) in [6.45, 7) is 4.85. The number of rotatable bonds is 5. The third kappa shape index (κ3) is 3.22. The highest BCUT2D eigenvalue weighted by atomic mass is 16.5. The summed E-state index contributed by atoms with van der Waals surface area (Å²) in [7, 11) is 0. The molecule has 0 unspecified atom stereocenters. The standard InChI is InChI=1S/C17H18O2/c1-3-10-19-16-7-5-15(6-8-16)17-9-4-14(12-18)11-13(17)2/h4-9,11-12H,3,10H2,1-2H3. The quantitative estimate of drug-likeness (QED) is 0.745.